The average molecular weight is 362 g/mol. The number of aromatic nitrogens is 1. The zero-order chi connectivity index (χ0) is 18.0. The number of aromatic amines is 1. The van der Waals surface area contributed by atoms with Gasteiger partial charge in [-0.25, -0.2) is 13.2 Å². The lowest BCUT2D eigenvalue weighted by Gasteiger charge is -2.07. The third kappa shape index (κ3) is 3.95. The molecule has 1 heterocycles. The predicted molar refractivity (Wildman–Crippen MR) is 88.8 cm³/mol. The van der Waals surface area contributed by atoms with Gasteiger partial charge in [0.2, 0.25) is 10.0 Å². The largest absolute Gasteiger partial charge is 0.426 e. The van der Waals surface area contributed by atoms with Gasteiger partial charge in [-0.2, -0.15) is 4.72 Å². The number of aryl methyl sites for hydroxylation is 1. The van der Waals surface area contributed by atoms with Crippen LogP contribution in [0.3, 0.4) is 0 Å². The molecule has 0 amide bonds. The predicted octanol–water partition coefficient (Wildman–Crippen LogP) is 1.31. The molecule has 0 aliphatic carbocycles. The Bertz CT molecular complexity index is 1080. The molecule has 0 aliphatic rings. The average Bonchev–Trinajstić information content (AvgIpc) is 2.94. The Kier molecular flexibility index (Phi) is 4.43. The van der Waals surface area contributed by atoms with Gasteiger partial charge in [-0.3, -0.25) is 9.78 Å². The summed E-state index contributed by atoms with van der Waals surface area (Å²) in [6.07, 6.45) is 0. The number of H-pyrrole nitrogens is 1. The normalized spacial score (nSPS) is 11.6. The molecule has 0 bridgehead atoms. The SMILES string of the molecule is Cc1ccc(OC(=O)CNS(=O)(=O)c2ccc3[nH]c(=O)oc3c2)cc1. The van der Waals surface area contributed by atoms with Crippen LogP contribution in [0.5, 0.6) is 5.75 Å². The number of esters is 1. The Hall–Kier alpha value is -2.91. The molecule has 0 saturated carbocycles. The van der Waals surface area contributed by atoms with Gasteiger partial charge < -0.3 is 9.15 Å². The minimum atomic E-state index is -3.96. The van der Waals surface area contributed by atoms with Gasteiger partial charge in [0.1, 0.15) is 12.3 Å². The van der Waals surface area contributed by atoms with Crippen molar-refractivity contribution >= 4 is 27.1 Å². The molecule has 2 aromatic carbocycles. The standard InChI is InChI=1S/C16H14N2O6S/c1-10-2-4-11(5-3-10)23-15(19)9-17-25(21,22)12-6-7-13-14(8-12)24-16(20)18-13/h2-8,17H,9H2,1H3,(H,18,20). The third-order valence-electron chi connectivity index (χ3n) is 3.36. The van der Waals surface area contributed by atoms with Crippen LogP contribution in [0.4, 0.5) is 0 Å². The van der Waals surface area contributed by atoms with Gasteiger partial charge in [-0.15, -0.1) is 0 Å². The zero-order valence-electron chi connectivity index (χ0n) is 13.1. The van der Waals surface area contributed by atoms with E-state index in [1.807, 2.05) is 6.92 Å². The first kappa shape index (κ1) is 16.9. The van der Waals surface area contributed by atoms with Crippen molar-refractivity contribution in [2.75, 3.05) is 6.54 Å². The number of sulfonamides is 1. The summed E-state index contributed by atoms with van der Waals surface area (Å²) in [7, 11) is -3.96. The van der Waals surface area contributed by atoms with Crippen molar-refractivity contribution in [2.24, 2.45) is 0 Å². The molecule has 0 radical (unpaired) electrons. The third-order valence-corrected chi connectivity index (χ3v) is 4.76. The van der Waals surface area contributed by atoms with Crippen LogP contribution in [-0.4, -0.2) is 25.9 Å². The zero-order valence-corrected chi connectivity index (χ0v) is 13.9. The molecule has 25 heavy (non-hydrogen) atoms. The van der Waals surface area contributed by atoms with Gasteiger partial charge in [-0.1, -0.05) is 17.7 Å². The first-order valence-corrected chi connectivity index (χ1v) is 8.72. The number of benzene rings is 2. The minimum absolute atomic E-state index is 0.107. The molecule has 0 saturated heterocycles. The van der Waals surface area contributed by atoms with Gasteiger partial charge in [0.15, 0.2) is 5.58 Å². The van der Waals surface area contributed by atoms with Gasteiger partial charge in [0.05, 0.1) is 10.4 Å². The van der Waals surface area contributed by atoms with Gasteiger partial charge >= 0.3 is 11.7 Å². The van der Waals surface area contributed by atoms with E-state index in [4.69, 9.17) is 9.15 Å². The summed E-state index contributed by atoms with van der Waals surface area (Å²) in [6.45, 7) is 1.36. The molecule has 0 spiro atoms. The fourth-order valence-corrected chi connectivity index (χ4v) is 3.09. The van der Waals surface area contributed by atoms with Crippen molar-refractivity contribution in [1.29, 1.82) is 0 Å². The second kappa shape index (κ2) is 6.54. The quantitative estimate of drug-likeness (QED) is 0.522. The molecular formula is C16H14N2O6S. The fraction of sp³-hybridized carbons (Fsp3) is 0.125. The Balaban J connectivity index is 1.68. The fourth-order valence-electron chi connectivity index (χ4n) is 2.10. The summed E-state index contributed by atoms with van der Waals surface area (Å²) in [6, 6.07) is 10.7. The molecule has 0 unspecified atom stereocenters. The number of hydrogen-bond acceptors (Lipinski definition) is 6. The second-order valence-corrected chi connectivity index (χ2v) is 7.05. The Morgan fingerprint density at radius 2 is 1.92 bits per heavy atom. The highest BCUT2D eigenvalue weighted by atomic mass is 32.2. The molecule has 1 aromatic heterocycles. The van der Waals surface area contributed by atoms with Crippen molar-refractivity contribution in [3.8, 4) is 5.75 Å². The van der Waals surface area contributed by atoms with E-state index in [1.165, 1.54) is 18.2 Å². The lowest BCUT2D eigenvalue weighted by atomic mass is 10.2. The van der Waals surface area contributed by atoms with Crippen LogP contribution in [-0.2, 0) is 14.8 Å². The van der Waals surface area contributed by atoms with E-state index in [1.54, 1.807) is 24.3 Å². The Morgan fingerprint density at radius 3 is 2.64 bits per heavy atom. The van der Waals surface area contributed by atoms with Crippen LogP contribution in [0.1, 0.15) is 5.56 Å². The summed E-state index contributed by atoms with van der Waals surface area (Å²) >= 11 is 0. The maximum atomic E-state index is 12.2. The molecule has 3 rings (SSSR count). The Labute approximate surface area is 142 Å². The van der Waals surface area contributed by atoms with E-state index in [9.17, 15) is 18.0 Å². The van der Waals surface area contributed by atoms with Crippen molar-refractivity contribution in [3.63, 3.8) is 0 Å². The van der Waals surface area contributed by atoms with Crippen molar-refractivity contribution in [3.05, 3.63) is 58.6 Å². The van der Waals surface area contributed by atoms with Crippen LogP contribution in [0, 0.1) is 6.92 Å². The highest BCUT2D eigenvalue weighted by Crippen LogP contribution is 2.16. The number of fused-ring (bicyclic) bond motifs is 1. The van der Waals surface area contributed by atoms with Crippen LogP contribution >= 0.6 is 0 Å². The molecule has 0 aliphatic heterocycles. The molecule has 8 nitrogen and oxygen atoms in total. The number of nitrogens with one attached hydrogen (secondary N) is 2. The number of ether oxygens (including phenoxy) is 1. The highest BCUT2D eigenvalue weighted by molar-refractivity contribution is 7.89. The Morgan fingerprint density at radius 1 is 1.20 bits per heavy atom. The van der Waals surface area contributed by atoms with Crippen LogP contribution in [0.15, 0.2) is 56.6 Å². The van der Waals surface area contributed by atoms with Crippen molar-refractivity contribution in [2.45, 2.75) is 11.8 Å². The van der Waals surface area contributed by atoms with E-state index >= 15 is 0 Å². The molecule has 130 valence electrons. The first-order valence-electron chi connectivity index (χ1n) is 7.23. The molecule has 9 heteroatoms. The highest BCUT2D eigenvalue weighted by Gasteiger charge is 2.18. The van der Waals surface area contributed by atoms with Crippen molar-refractivity contribution < 1.29 is 22.4 Å². The number of carbonyl (C=O) groups is 1. The monoisotopic (exact) mass is 362 g/mol. The van der Waals surface area contributed by atoms with Gasteiger partial charge in [-0.05, 0) is 31.2 Å². The molecule has 2 N–H and O–H groups in total. The lowest BCUT2D eigenvalue weighted by Crippen LogP contribution is -2.31. The maximum absolute atomic E-state index is 12.2. The summed E-state index contributed by atoms with van der Waals surface area (Å²) in [5, 5.41) is 0. The van der Waals surface area contributed by atoms with E-state index in [-0.39, 0.29) is 10.5 Å². The topological polar surface area (TPSA) is 118 Å². The smallest absolute Gasteiger partial charge is 0.417 e. The molecular weight excluding hydrogens is 348 g/mol. The number of carbonyl (C=O) groups excluding carboxylic acids is 1. The molecule has 0 fully saturated rings. The van der Waals surface area contributed by atoms with E-state index in [2.05, 4.69) is 9.71 Å². The number of oxazole rings is 1. The van der Waals surface area contributed by atoms with Gasteiger partial charge in [0.25, 0.3) is 0 Å². The molecule has 0 atom stereocenters. The van der Waals surface area contributed by atoms with E-state index < -0.39 is 28.3 Å². The van der Waals surface area contributed by atoms with E-state index in [0.717, 1.165) is 5.56 Å². The number of hydrogen-bond donors (Lipinski definition) is 2. The second-order valence-electron chi connectivity index (χ2n) is 5.28. The van der Waals surface area contributed by atoms with E-state index in [0.29, 0.717) is 11.3 Å². The lowest BCUT2D eigenvalue weighted by molar-refractivity contribution is -0.133. The van der Waals surface area contributed by atoms with Crippen LogP contribution in [0.2, 0.25) is 0 Å². The van der Waals surface area contributed by atoms with Crippen molar-refractivity contribution in [1.82, 2.24) is 9.71 Å². The van der Waals surface area contributed by atoms with Gasteiger partial charge in [0, 0.05) is 6.07 Å². The van der Waals surface area contributed by atoms with Crippen LogP contribution in [0.25, 0.3) is 11.1 Å². The first-order chi connectivity index (χ1) is 11.8. The van der Waals surface area contributed by atoms with Crippen LogP contribution < -0.4 is 15.2 Å². The maximum Gasteiger partial charge on any atom is 0.417 e. The molecule has 3 aromatic rings. The summed E-state index contributed by atoms with van der Waals surface area (Å²) in [5.41, 5.74) is 1.49. The minimum Gasteiger partial charge on any atom is -0.426 e. The summed E-state index contributed by atoms with van der Waals surface area (Å²) in [4.78, 5) is 25.2. The summed E-state index contributed by atoms with van der Waals surface area (Å²) in [5.74, 6) is -1.11. The number of rotatable bonds is 5. The summed E-state index contributed by atoms with van der Waals surface area (Å²) < 4.78 is 36.5.